The van der Waals surface area contributed by atoms with Crippen LogP contribution in [-0.2, 0) is 0 Å². The van der Waals surface area contributed by atoms with Crippen LogP contribution in [0.4, 0.5) is 0 Å². The Kier molecular flexibility index (Phi) is 7.35. The highest BCUT2D eigenvalue weighted by Crippen LogP contribution is 2.41. The summed E-state index contributed by atoms with van der Waals surface area (Å²) in [6.45, 7) is 0. The maximum Gasteiger partial charge on any atom is 0.263 e. The summed E-state index contributed by atoms with van der Waals surface area (Å²) in [6.07, 6.45) is 0. The predicted molar refractivity (Wildman–Crippen MR) is 247 cm³/mol. The minimum Gasteiger partial charge on any atom is -0.309 e. The van der Waals surface area contributed by atoms with Crippen molar-refractivity contribution in [2.75, 3.05) is 0 Å². The molecule has 4 nitrogen and oxygen atoms in total. The first kappa shape index (κ1) is 33.2. The Bertz CT molecular complexity index is 3670. The van der Waals surface area contributed by atoms with Crippen molar-refractivity contribution in [3.8, 4) is 39.3 Å². The molecule has 276 valence electrons. The molecule has 0 aliphatic rings. The molecule has 0 aliphatic heterocycles. The minimum absolute atomic E-state index is 0.0523. The molecule has 0 atom stereocenters. The topological polar surface area (TPSA) is 31.9 Å². The van der Waals surface area contributed by atoms with Gasteiger partial charge < -0.3 is 9.13 Å². The lowest BCUT2D eigenvalue weighted by Crippen LogP contribution is -2.19. The van der Waals surface area contributed by atoms with Gasteiger partial charge in [0.1, 0.15) is 0 Å². The fourth-order valence-electron chi connectivity index (χ4n) is 9.35. The highest BCUT2D eigenvalue weighted by Gasteiger charge is 2.21. The maximum atomic E-state index is 15.3. The van der Waals surface area contributed by atoms with Gasteiger partial charge in [0.15, 0.2) is 0 Å². The zero-order valence-electron chi connectivity index (χ0n) is 32.0. The van der Waals surface area contributed by atoms with E-state index in [1.54, 1.807) is 0 Å². The van der Waals surface area contributed by atoms with E-state index >= 15 is 4.79 Å². The molecule has 3 heterocycles. The van der Waals surface area contributed by atoms with Gasteiger partial charge in [-0.3, -0.25) is 9.36 Å². The molecule has 0 saturated carbocycles. The number of hydrogen-bond donors (Lipinski definition) is 0. The second-order valence-electron chi connectivity index (χ2n) is 15.3. The normalized spacial score (nSPS) is 11.8. The Morgan fingerprint density at radius 3 is 1.20 bits per heavy atom. The van der Waals surface area contributed by atoms with Gasteiger partial charge in [0.2, 0.25) is 0 Å². The lowest BCUT2D eigenvalue weighted by atomic mass is 10.0. The summed E-state index contributed by atoms with van der Waals surface area (Å²) < 4.78 is 6.57. The van der Waals surface area contributed by atoms with E-state index in [0.717, 1.165) is 93.7 Å². The third kappa shape index (κ3) is 5.13. The summed E-state index contributed by atoms with van der Waals surface area (Å²) in [5.74, 6) is 0. The molecule has 4 heteroatoms. The summed E-state index contributed by atoms with van der Waals surface area (Å²) in [7, 11) is 0. The fourth-order valence-corrected chi connectivity index (χ4v) is 9.35. The number of hydrogen-bond acceptors (Lipinski definition) is 1. The molecule has 59 heavy (non-hydrogen) atoms. The van der Waals surface area contributed by atoms with Gasteiger partial charge in [-0.2, -0.15) is 0 Å². The van der Waals surface area contributed by atoms with Crippen LogP contribution in [0.3, 0.4) is 0 Å². The Labute approximate surface area is 339 Å². The SMILES string of the molecule is O=c1c2cc3c(cc2c2cc4c5ccccc5n(-c5cccc(-c6ccccc6)c5)c4cc2n1-c1ccccc1)c1ccccc1n3-c1cccc(-c2ccccc2)c1. The first-order valence-corrected chi connectivity index (χ1v) is 20.1. The van der Waals surface area contributed by atoms with E-state index in [1.807, 2.05) is 41.0 Å². The number of fused-ring (bicyclic) bond motifs is 9. The van der Waals surface area contributed by atoms with Gasteiger partial charge in [-0.05, 0) is 100 Å². The van der Waals surface area contributed by atoms with E-state index in [-0.39, 0.29) is 5.56 Å². The van der Waals surface area contributed by atoms with Gasteiger partial charge in [0.05, 0.1) is 33.0 Å². The van der Waals surface area contributed by atoms with Gasteiger partial charge >= 0.3 is 0 Å². The lowest BCUT2D eigenvalue weighted by molar-refractivity contribution is 1.06. The number of para-hydroxylation sites is 3. The molecule has 0 radical (unpaired) electrons. The molecule has 0 saturated heterocycles. The zero-order chi connectivity index (χ0) is 39.0. The average molecular weight is 754 g/mol. The van der Waals surface area contributed by atoms with Crippen molar-refractivity contribution in [3.05, 3.63) is 223 Å². The second kappa shape index (κ2) is 13.1. The van der Waals surface area contributed by atoms with Crippen LogP contribution in [0, 0.1) is 0 Å². The number of aromatic nitrogens is 3. The number of pyridine rings is 1. The van der Waals surface area contributed by atoms with Crippen molar-refractivity contribution < 1.29 is 0 Å². The number of rotatable bonds is 5. The molecule has 0 spiro atoms. The molecule has 0 N–H and O–H groups in total. The van der Waals surface area contributed by atoms with E-state index in [9.17, 15) is 0 Å². The quantitative estimate of drug-likeness (QED) is 0.161. The summed E-state index contributed by atoms with van der Waals surface area (Å²) in [4.78, 5) is 15.3. The van der Waals surface area contributed by atoms with Crippen LogP contribution in [0.15, 0.2) is 217 Å². The molecule has 0 amide bonds. The van der Waals surface area contributed by atoms with Gasteiger partial charge in [-0.1, -0.05) is 140 Å². The Morgan fingerprint density at radius 1 is 0.237 bits per heavy atom. The van der Waals surface area contributed by atoms with Crippen LogP contribution in [0.5, 0.6) is 0 Å². The average Bonchev–Trinajstić information content (AvgIpc) is 3.81. The smallest absolute Gasteiger partial charge is 0.263 e. The van der Waals surface area contributed by atoms with E-state index in [2.05, 4.69) is 185 Å². The van der Waals surface area contributed by atoms with E-state index in [0.29, 0.717) is 5.39 Å². The van der Waals surface area contributed by atoms with E-state index in [4.69, 9.17) is 0 Å². The molecule has 0 aliphatic carbocycles. The second-order valence-corrected chi connectivity index (χ2v) is 15.3. The highest BCUT2D eigenvalue weighted by molar-refractivity contribution is 6.21. The molecule has 0 unspecified atom stereocenters. The third-order valence-corrected chi connectivity index (χ3v) is 12.0. The highest BCUT2D eigenvalue weighted by atomic mass is 16.1. The van der Waals surface area contributed by atoms with Crippen LogP contribution < -0.4 is 5.56 Å². The molecule has 3 aromatic heterocycles. The summed E-state index contributed by atoms with van der Waals surface area (Å²) >= 11 is 0. The van der Waals surface area contributed by atoms with Gasteiger partial charge in [0.25, 0.3) is 5.56 Å². The first-order valence-electron chi connectivity index (χ1n) is 20.1. The molecule has 0 fully saturated rings. The minimum atomic E-state index is -0.0523. The Morgan fingerprint density at radius 2 is 0.644 bits per heavy atom. The predicted octanol–water partition coefficient (Wildman–Crippen LogP) is 13.7. The summed E-state index contributed by atoms with van der Waals surface area (Å²) in [5.41, 5.74) is 12.6. The molecule has 9 aromatic carbocycles. The third-order valence-electron chi connectivity index (χ3n) is 12.0. The van der Waals surface area contributed by atoms with Crippen molar-refractivity contribution in [1.29, 1.82) is 0 Å². The van der Waals surface area contributed by atoms with Crippen molar-refractivity contribution in [2.24, 2.45) is 0 Å². The van der Waals surface area contributed by atoms with Crippen molar-refractivity contribution >= 4 is 65.3 Å². The van der Waals surface area contributed by atoms with Crippen LogP contribution in [0.25, 0.3) is 105 Å². The van der Waals surface area contributed by atoms with E-state index in [1.165, 1.54) is 5.56 Å². The molecule has 12 rings (SSSR count). The summed E-state index contributed by atoms with van der Waals surface area (Å²) in [5, 5.41) is 7.20. The number of nitrogens with zero attached hydrogens (tertiary/aromatic N) is 3. The maximum absolute atomic E-state index is 15.3. The van der Waals surface area contributed by atoms with Gasteiger partial charge in [0, 0.05) is 44.0 Å². The van der Waals surface area contributed by atoms with Crippen LogP contribution in [-0.4, -0.2) is 13.7 Å². The number of benzene rings is 9. The van der Waals surface area contributed by atoms with Crippen molar-refractivity contribution in [3.63, 3.8) is 0 Å². The van der Waals surface area contributed by atoms with E-state index < -0.39 is 0 Å². The Balaban J connectivity index is 1.19. The first-order chi connectivity index (χ1) is 29.2. The van der Waals surface area contributed by atoms with Crippen LogP contribution in [0.1, 0.15) is 0 Å². The molecular weight excluding hydrogens is 719 g/mol. The molecule has 12 aromatic rings. The van der Waals surface area contributed by atoms with Gasteiger partial charge in [-0.15, -0.1) is 0 Å². The van der Waals surface area contributed by atoms with Crippen LogP contribution >= 0.6 is 0 Å². The van der Waals surface area contributed by atoms with Crippen molar-refractivity contribution in [2.45, 2.75) is 0 Å². The standard InChI is InChI=1S/C55H35N3O/c59-55-49-34-52-46(43-26-10-12-28-50(43)56(52)41-24-14-20-38(30-41)36-16-4-1-5-17-36)32-45(49)48-33-47-44-27-11-13-29-51(44)57(42-25-15-21-39(31-42)37-18-6-2-7-19-37)53(47)35-54(48)58(55)40-22-8-3-9-23-40/h1-35H. The van der Waals surface area contributed by atoms with Crippen molar-refractivity contribution in [1.82, 2.24) is 13.7 Å². The van der Waals surface area contributed by atoms with Gasteiger partial charge in [-0.25, -0.2) is 0 Å². The lowest BCUT2D eigenvalue weighted by Gasteiger charge is -2.16. The zero-order valence-corrected chi connectivity index (χ0v) is 32.0. The molecule has 0 bridgehead atoms. The fraction of sp³-hybridized carbons (Fsp3) is 0. The Hall–Kier alpha value is -7.95. The summed E-state index contributed by atoms with van der Waals surface area (Å²) in [6, 6.07) is 74.6. The molecular formula is C55H35N3O. The largest absolute Gasteiger partial charge is 0.309 e. The monoisotopic (exact) mass is 753 g/mol. The van der Waals surface area contributed by atoms with Crippen LogP contribution in [0.2, 0.25) is 0 Å².